The molecule has 33 heavy (non-hydrogen) atoms. The predicted octanol–water partition coefficient (Wildman–Crippen LogP) is 8.41. The normalized spacial score (nSPS) is 13.1. The fourth-order valence-electron chi connectivity index (χ4n) is 4.30. The Labute approximate surface area is 188 Å². The zero-order valence-corrected chi connectivity index (χ0v) is 18.1. The van der Waals surface area contributed by atoms with Gasteiger partial charge in [-0.3, -0.25) is 0 Å². The summed E-state index contributed by atoms with van der Waals surface area (Å²) in [6.07, 6.45) is 5.66. The van der Waals surface area contributed by atoms with E-state index in [4.69, 9.17) is 0 Å². The molecule has 0 nitrogen and oxygen atoms in total. The lowest BCUT2D eigenvalue weighted by Gasteiger charge is -2.20. The van der Waals surface area contributed by atoms with Crippen LogP contribution in [-0.4, -0.2) is 0 Å². The number of halogens is 6. The molecule has 0 radical (unpaired) electrons. The number of rotatable bonds is 6. The first-order valence-electron chi connectivity index (χ1n) is 10.9. The lowest BCUT2D eigenvalue weighted by atomic mass is 9.86. The Morgan fingerprint density at radius 3 is 2.00 bits per heavy atom. The van der Waals surface area contributed by atoms with Crippen LogP contribution in [0.3, 0.4) is 0 Å². The predicted molar refractivity (Wildman–Crippen MR) is 117 cm³/mol. The number of allylic oxidation sites excluding steroid dienone is 1. The van der Waals surface area contributed by atoms with Crippen LogP contribution < -0.4 is 0 Å². The van der Waals surface area contributed by atoms with E-state index in [9.17, 15) is 26.3 Å². The van der Waals surface area contributed by atoms with Crippen molar-refractivity contribution in [1.29, 1.82) is 0 Å². The minimum atomic E-state index is -1.62. The van der Waals surface area contributed by atoms with Crippen molar-refractivity contribution in [2.75, 3.05) is 0 Å². The molecule has 0 fully saturated rings. The Bertz CT molecular complexity index is 1200. The molecule has 0 aliphatic heterocycles. The smallest absolute Gasteiger partial charge is 0.194 e. The van der Waals surface area contributed by atoms with Crippen molar-refractivity contribution in [3.05, 3.63) is 93.6 Å². The minimum absolute atomic E-state index is 0.0720. The van der Waals surface area contributed by atoms with Crippen LogP contribution >= 0.6 is 0 Å². The van der Waals surface area contributed by atoms with Gasteiger partial charge in [0.05, 0.1) is 0 Å². The number of unbranched alkanes of at least 4 members (excludes halogenated alkanes) is 2. The maximum Gasteiger partial charge on any atom is 0.194 e. The van der Waals surface area contributed by atoms with Gasteiger partial charge in [-0.1, -0.05) is 25.8 Å². The molecule has 0 saturated heterocycles. The number of benzene rings is 3. The van der Waals surface area contributed by atoms with Crippen LogP contribution in [0.4, 0.5) is 26.3 Å². The average Bonchev–Trinajstić information content (AvgIpc) is 2.76. The molecule has 0 spiro atoms. The van der Waals surface area contributed by atoms with Gasteiger partial charge in [0, 0.05) is 11.1 Å². The maximum absolute atomic E-state index is 14.8. The van der Waals surface area contributed by atoms with Crippen molar-refractivity contribution < 1.29 is 26.3 Å². The summed E-state index contributed by atoms with van der Waals surface area (Å²) in [5.74, 6) is -6.51. The van der Waals surface area contributed by atoms with E-state index in [1.165, 1.54) is 24.3 Å². The largest absolute Gasteiger partial charge is 0.206 e. The van der Waals surface area contributed by atoms with Crippen molar-refractivity contribution >= 4 is 11.6 Å². The fourth-order valence-corrected chi connectivity index (χ4v) is 4.30. The van der Waals surface area contributed by atoms with Gasteiger partial charge in [0.1, 0.15) is 17.5 Å². The Kier molecular flexibility index (Phi) is 6.63. The van der Waals surface area contributed by atoms with Gasteiger partial charge in [0.25, 0.3) is 0 Å². The molecule has 0 unspecified atom stereocenters. The third kappa shape index (κ3) is 4.70. The van der Waals surface area contributed by atoms with Gasteiger partial charge in [-0.15, -0.1) is 0 Å². The maximum atomic E-state index is 14.8. The topological polar surface area (TPSA) is 0 Å². The molecule has 0 atom stereocenters. The second kappa shape index (κ2) is 9.46. The summed E-state index contributed by atoms with van der Waals surface area (Å²) in [5, 5.41) is 0. The zero-order chi connectivity index (χ0) is 23.7. The standard InChI is InChI=1S/C27H22F6/c1-2-3-4-5-15-8-22(29)26(23(30)9-15)17-7-6-16-11-20(21(28)12-18(16)10-17)19-13-24(31)27(33)25(32)14-19/h8-14H,2-7H2,1H3. The van der Waals surface area contributed by atoms with E-state index in [1.54, 1.807) is 0 Å². The van der Waals surface area contributed by atoms with Crippen LogP contribution in [-0.2, 0) is 12.8 Å². The second-order valence-electron chi connectivity index (χ2n) is 8.35. The molecule has 3 aromatic carbocycles. The zero-order valence-electron chi connectivity index (χ0n) is 18.1. The molecule has 0 heterocycles. The summed E-state index contributed by atoms with van der Waals surface area (Å²) in [7, 11) is 0. The number of aryl methyl sites for hydroxylation is 2. The van der Waals surface area contributed by atoms with Crippen molar-refractivity contribution in [1.82, 2.24) is 0 Å². The first-order valence-corrected chi connectivity index (χ1v) is 10.9. The van der Waals surface area contributed by atoms with Gasteiger partial charge in [-0.25, -0.2) is 26.3 Å². The highest BCUT2D eigenvalue weighted by molar-refractivity contribution is 5.86. The summed E-state index contributed by atoms with van der Waals surface area (Å²) < 4.78 is 84.9. The summed E-state index contributed by atoms with van der Waals surface area (Å²) in [5.41, 5.74) is 1.81. The Morgan fingerprint density at radius 1 is 0.697 bits per heavy atom. The van der Waals surface area contributed by atoms with Crippen LogP contribution in [0.1, 0.15) is 54.9 Å². The van der Waals surface area contributed by atoms with E-state index in [0.29, 0.717) is 41.5 Å². The minimum Gasteiger partial charge on any atom is -0.206 e. The summed E-state index contributed by atoms with van der Waals surface area (Å²) in [4.78, 5) is 0. The molecular formula is C27H22F6. The van der Waals surface area contributed by atoms with Gasteiger partial charge >= 0.3 is 0 Å². The van der Waals surface area contributed by atoms with Crippen LogP contribution in [0, 0.1) is 34.9 Å². The van der Waals surface area contributed by atoms with Crippen molar-refractivity contribution in [2.45, 2.75) is 45.4 Å². The first-order chi connectivity index (χ1) is 15.8. The monoisotopic (exact) mass is 460 g/mol. The Morgan fingerprint density at radius 2 is 1.36 bits per heavy atom. The quantitative estimate of drug-likeness (QED) is 0.197. The van der Waals surface area contributed by atoms with E-state index < -0.39 is 34.9 Å². The van der Waals surface area contributed by atoms with Crippen molar-refractivity contribution in [3.8, 4) is 11.1 Å². The third-order valence-electron chi connectivity index (χ3n) is 6.01. The van der Waals surface area contributed by atoms with E-state index >= 15 is 0 Å². The van der Waals surface area contributed by atoms with Crippen LogP contribution in [0.2, 0.25) is 0 Å². The van der Waals surface area contributed by atoms with Gasteiger partial charge in [0.2, 0.25) is 0 Å². The van der Waals surface area contributed by atoms with Gasteiger partial charge < -0.3 is 0 Å². The molecule has 1 aliphatic rings. The molecule has 0 aromatic heterocycles. The molecule has 0 amide bonds. The van der Waals surface area contributed by atoms with E-state index in [0.717, 1.165) is 37.5 Å². The molecule has 0 saturated carbocycles. The lowest BCUT2D eigenvalue weighted by Crippen LogP contribution is -2.05. The molecule has 6 heteroatoms. The lowest BCUT2D eigenvalue weighted by molar-refractivity contribution is 0.447. The third-order valence-corrected chi connectivity index (χ3v) is 6.01. The number of fused-ring (bicyclic) bond motifs is 1. The highest BCUT2D eigenvalue weighted by Crippen LogP contribution is 2.37. The summed E-state index contributed by atoms with van der Waals surface area (Å²) in [6, 6.07) is 6.78. The van der Waals surface area contributed by atoms with Crippen LogP contribution in [0.15, 0.2) is 36.4 Å². The van der Waals surface area contributed by atoms with Crippen molar-refractivity contribution in [3.63, 3.8) is 0 Å². The summed E-state index contributed by atoms with van der Waals surface area (Å²) in [6.45, 7) is 2.06. The molecule has 4 rings (SSSR count). The Balaban J connectivity index is 1.68. The van der Waals surface area contributed by atoms with E-state index in [1.807, 2.05) is 0 Å². The molecular weight excluding hydrogens is 438 g/mol. The molecule has 1 aliphatic carbocycles. The molecule has 172 valence electrons. The van der Waals surface area contributed by atoms with Gasteiger partial charge in [0.15, 0.2) is 17.5 Å². The molecule has 3 aromatic rings. The van der Waals surface area contributed by atoms with Gasteiger partial charge in [-0.2, -0.15) is 0 Å². The molecule has 0 bridgehead atoms. The highest BCUT2D eigenvalue weighted by atomic mass is 19.2. The van der Waals surface area contributed by atoms with Crippen LogP contribution in [0.5, 0.6) is 0 Å². The second-order valence-corrected chi connectivity index (χ2v) is 8.35. The number of hydrogen-bond acceptors (Lipinski definition) is 0. The van der Waals surface area contributed by atoms with Gasteiger partial charge in [-0.05, 0) is 89.9 Å². The summed E-state index contributed by atoms with van der Waals surface area (Å²) >= 11 is 0. The fraction of sp³-hybridized carbons (Fsp3) is 0.259. The SMILES string of the molecule is CCCCCc1cc(F)c(C2=Cc3cc(F)c(-c4cc(F)c(F)c(F)c4)cc3CC2)c(F)c1. The van der Waals surface area contributed by atoms with Crippen LogP contribution in [0.25, 0.3) is 22.8 Å². The van der Waals surface area contributed by atoms with E-state index in [-0.39, 0.29) is 16.7 Å². The van der Waals surface area contributed by atoms with Crippen molar-refractivity contribution in [2.24, 2.45) is 0 Å². The first kappa shape index (κ1) is 23.1. The highest BCUT2D eigenvalue weighted by Gasteiger charge is 2.22. The average molecular weight is 460 g/mol. The molecule has 0 N–H and O–H groups in total. The van der Waals surface area contributed by atoms with E-state index in [2.05, 4.69) is 6.92 Å². The Hall–Kier alpha value is -3.02. The number of hydrogen-bond donors (Lipinski definition) is 0.